The number of benzene rings is 1. The Labute approximate surface area is 217 Å². The smallest absolute Gasteiger partial charge is 0.322 e. The number of carbonyl (C=O) groups is 2. The summed E-state index contributed by atoms with van der Waals surface area (Å²) in [5.41, 5.74) is 4.30. The molecule has 2 fully saturated rings. The molecule has 0 bridgehead atoms. The zero-order valence-electron chi connectivity index (χ0n) is 21.7. The van der Waals surface area contributed by atoms with Crippen LogP contribution in [0.15, 0.2) is 50.8 Å². The van der Waals surface area contributed by atoms with Crippen molar-refractivity contribution in [3.05, 3.63) is 41.3 Å². The van der Waals surface area contributed by atoms with Gasteiger partial charge < -0.3 is 29.6 Å². The van der Waals surface area contributed by atoms with Crippen LogP contribution in [0.3, 0.4) is 0 Å². The minimum atomic E-state index is -0.372. The van der Waals surface area contributed by atoms with E-state index in [9.17, 15) is 9.59 Å². The van der Waals surface area contributed by atoms with Gasteiger partial charge in [0.05, 0.1) is 19.8 Å². The first-order valence-corrected chi connectivity index (χ1v) is 12.4. The summed E-state index contributed by atoms with van der Waals surface area (Å²) in [7, 11) is 3.17. The number of hydrazone groups is 1. The number of nitrogens with zero attached hydrogens (tertiary/aromatic N) is 6. The third-order valence-electron chi connectivity index (χ3n) is 7.30. The van der Waals surface area contributed by atoms with Gasteiger partial charge in [-0.05, 0) is 37.3 Å². The lowest BCUT2D eigenvalue weighted by Crippen LogP contribution is -2.54. The molecular formula is C26H35N7O4. The molecule has 1 aromatic carbocycles. The predicted molar refractivity (Wildman–Crippen MR) is 142 cm³/mol. The molecule has 2 saturated heterocycles. The van der Waals surface area contributed by atoms with Gasteiger partial charge in [0.2, 0.25) is 11.8 Å². The Bertz CT molecular complexity index is 1110. The number of rotatable bonds is 9. The maximum absolute atomic E-state index is 13.7. The molecule has 3 heterocycles. The van der Waals surface area contributed by atoms with Crippen molar-refractivity contribution in [2.24, 2.45) is 21.0 Å². The third-order valence-corrected chi connectivity index (χ3v) is 7.30. The minimum absolute atomic E-state index is 0.0507. The van der Waals surface area contributed by atoms with Gasteiger partial charge in [0, 0.05) is 63.6 Å². The number of methoxy groups -OCH3 is 2. The van der Waals surface area contributed by atoms with Crippen LogP contribution >= 0.6 is 0 Å². The van der Waals surface area contributed by atoms with Crippen molar-refractivity contribution in [1.29, 1.82) is 0 Å². The molecule has 1 atom stereocenters. The summed E-state index contributed by atoms with van der Waals surface area (Å²) in [5.74, 6) is 1.14. The largest absolute Gasteiger partial charge is 0.497 e. The van der Waals surface area contributed by atoms with Crippen molar-refractivity contribution >= 4 is 31.1 Å². The summed E-state index contributed by atoms with van der Waals surface area (Å²) in [5, 5.41) is 4.08. The van der Waals surface area contributed by atoms with Crippen LogP contribution in [-0.2, 0) is 16.1 Å². The van der Waals surface area contributed by atoms with Crippen molar-refractivity contribution < 1.29 is 19.1 Å². The van der Waals surface area contributed by atoms with Gasteiger partial charge in [0.1, 0.15) is 12.4 Å². The van der Waals surface area contributed by atoms with Crippen molar-refractivity contribution in [3.63, 3.8) is 0 Å². The first kappa shape index (κ1) is 26.2. The fourth-order valence-corrected chi connectivity index (χ4v) is 5.20. The Morgan fingerprint density at radius 1 is 1.32 bits per heavy atom. The van der Waals surface area contributed by atoms with Crippen molar-refractivity contribution in [2.45, 2.75) is 31.8 Å². The molecule has 3 aliphatic heterocycles. The summed E-state index contributed by atoms with van der Waals surface area (Å²) in [4.78, 5) is 39.8. The second-order valence-corrected chi connectivity index (χ2v) is 9.47. The average molecular weight is 510 g/mol. The monoisotopic (exact) mass is 509 g/mol. The van der Waals surface area contributed by atoms with E-state index in [1.54, 1.807) is 31.4 Å². The topological polar surface area (TPSA) is 111 Å². The van der Waals surface area contributed by atoms with Crippen molar-refractivity contribution in [1.82, 2.24) is 20.1 Å². The first-order valence-electron chi connectivity index (χ1n) is 12.4. The molecule has 0 saturated carbocycles. The number of piperidine rings is 1. The average Bonchev–Trinajstić information content (AvgIpc) is 3.52. The van der Waals surface area contributed by atoms with Crippen molar-refractivity contribution in [2.75, 3.05) is 47.1 Å². The summed E-state index contributed by atoms with van der Waals surface area (Å²) in [6, 6.07) is 7.70. The Hall–Kier alpha value is -3.89. The number of amides is 3. The number of hydrogen-bond donors (Lipinski definition) is 1. The number of nitrogens with one attached hydrogen (secondary N) is 1. The van der Waals surface area contributed by atoms with E-state index >= 15 is 0 Å². The number of hydrogen-bond acceptors (Lipinski definition) is 8. The SMILES string of the molecule is C=N/C(OC)=C(\C=NCN1CC2(CCN(C(C)=O)CC2)N(Cc2cccc(OC)c2)C1=O)C1C=NNC1. The first-order chi connectivity index (χ1) is 17.9. The lowest BCUT2D eigenvalue weighted by Gasteiger charge is -2.43. The molecular weight excluding hydrogens is 474 g/mol. The zero-order chi connectivity index (χ0) is 26.4. The Morgan fingerprint density at radius 2 is 2.11 bits per heavy atom. The highest BCUT2D eigenvalue weighted by atomic mass is 16.5. The van der Waals surface area contributed by atoms with E-state index in [0.29, 0.717) is 51.4 Å². The van der Waals surface area contributed by atoms with E-state index in [0.717, 1.165) is 16.9 Å². The van der Waals surface area contributed by atoms with Gasteiger partial charge in [-0.15, -0.1) is 0 Å². The van der Waals surface area contributed by atoms with Crippen LogP contribution < -0.4 is 10.2 Å². The lowest BCUT2D eigenvalue weighted by molar-refractivity contribution is -0.131. The highest BCUT2D eigenvalue weighted by molar-refractivity contribution is 5.87. The molecule has 1 N–H and O–H groups in total. The Balaban J connectivity index is 1.55. The van der Waals surface area contributed by atoms with Crippen molar-refractivity contribution in [3.8, 4) is 5.75 Å². The predicted octanol–water partition coefficient (Wildman–Crippen LogP) is 2.11. The zero-order valence-corrected chi connectivity index (χ0v) is 21.7. The van der Waals surface area contributed by atoms with Gasteiger partial charge in [-0.2, -0.15) is 5.10 Å². The van der Waals surface area contributed by atoms with Crippen LogP contribution in [0.5, 0.6) is 5.75 Å². The standard InChI is InChI=1S/C26H35N7O4/c1-19(34)31-10-8-26(9-11-31)17-32(25(35)33(26)16-20-6-5-7-22(12-20)36-3)18-28-15-23(24(27-2)37-4)21-13-29-30-14-21/h5-7,12-13,15,21,30H,2,8-11,14,16-18H2,1,3-4H3/b24-23-,28-15?. The van der Waals surface area contributed by atoms with Crippen LogP contribution in [0.25, 0.3) is 0 Å². The minimum Gasteiger partial charge on any atom is -0.497 e. The maximum Gasteiger partial charge on any atom is 0.322 e. The summed E-state index contributed by atoms with van der Waals surface area (Å²) < 4.78 is 10.8. The third kappa shape index (κ3) is 5.60. The van der Waals surface area contributed by atoms with Gasteiger partial charge in [0.25, 0.3) is 0 Å². The Kier molecular flexibility index (Phi) is 8.10. The summed E-state index contributed by atoms with van der Waals surface area (Å²) in [6.07, 6.45) is 4.90. The molecule has 0 aliphatic carbocycles. The normalized spacial score (nSPS) is 21.4. The van der Waals surface area contributed by atoms with E-state index in [2.05, 4.69) is 27.2 Å². The van der Waals surface area contributed by atoms with Gasteiger partial charge >= 0.3 is 6.03 Å². The van der Waals surface area contributed by atoms with Crippen LogP contribution in [0.1, 0.15) is 25.3 Å². The molecule has 198 valence electrons. The molecule has 1 spiro atoms. The molecule has 11 heteroatoms. The second-order valence-electron chi connectivity index (χ2n) is 9.47. The maximum atomic E-state index is 13.7. The van der Waals surface area contributed by atoms with Crippen LogP contribution in [0.4, 0.5) is 4.79 Å². The molecule has 4 rings (SSSR count). The Morgan fingerprint density at radius 3 is 2.73 bits per heavy atom. The molecule has 3 aliphatic rings. The molecule has 11 nitrogen and oxygen atoms in total. The number of urea groups is 1. The van der Waals surface area contributed by atoms with Gasteiger partial charge in [-0.3, -0.25) is 9.79 Å². The summed E-state index contributed by atoms with van der Waals surface area (Å²) in [6.45, 7) is 8.23. The quantitative estimate of drug-likeness (QED) is 0.405. The fourth-order valence-electron chi connectivity index (χ4n) is 5.20. The number of likely N-dealkylation sites (tertiary alicyclic amines) is 1. The molecule has 3 amide bonds. The van der Waals surface area contributed by atoms with E-state index in [-0.39, 0.29) is 30.1 Å². The molecule has 0 aromatic heterocycles. The van der Waals surface area contributed by atoms with E-state index in [4.69, 9.17) is 9.47 Å². The molecule has 1 aromatic rings. The van der Waals surface area contributed by atoms with Gasteiger partial charge in [0.15, 0.2) is 0 Å². The number of carbonyl (C=O) groups excluding carboxylic acids is 2. The van der Waals surface area contributed by atoms with Gasteiger partial charge in [-0.1, -0.05) is 12.1 Å². The fraction of sp³-hybridized carbons (Fsp3) is 0.500. The van der Waals surface area contributed by atoms with Gasteiger partial charge in [-0.25, -0.2) is 9.79 Å². The van der Waals surface area contributed by atoms with Crippen LogP contribution in [0.2, 0.25) is 0 Å². The highest BCUT2D eigenvalue weighted by Crippen LogP contribution is 2.37. The summed E-state index contributed by atoms with van der Waals surface area (Å²) >= 11 is 0. The second kappa shape index (κ2) is 11.4. The van der Waals surface area contributed by atoms with Crippen LogP contribution in [-0.4, -0.2) is 98.4 Å². The number of aliphatic imine (C=N–C) groups is 2. The highest BCUT2D eigenvalue weighted by Gasteiger charge is 2.50. The molecule has 37 heavy (non-hydrogen) atoms. The lowest BCUT2D eigenvalue weighted by atomic mass is 9.86. The molecule has 1 unspecified atom stereocenters. The van der Waals surface area contributed by atoms with Crippen LogP contribution in [0, 0.1) is 5.92 Å². The van der Waals surface area contributed by atoms with E-state index in [1.165, 1.54) is 7.11 Å². The van der Waals surface area contributed by atoms with E-state index in [1.807, 2.05) is 34.1 Å². The van der Waals surface area contributed by atoms with E-state index < -0.39 is 0 Å². The number of ether oxygens (including phenoxy) is 2. The molecule has 0 radical (unpaired) electrons.